The van der Waals surface area contributed by atoms with E-state index in [-0.39, 0.29) is 11.6 Å². The fourth-order valence-corrected chi connectivity index (χ4v) is 2.41. The summed E-state index contributed by atoms with van der Waals surface area (Å²) in [5.41, 5.74) is 7.12. The number of ether oxygens (including phenoxy) is 1. The van der Waals surface area contributed by atoms with Crippen LogP contribution in [0.2, 0.25) is 5.02 Å². The molecule has 0 bridgehead atoms. The first kappa shape index (κ1) is 14.8. The summed E-state index contributed by atoms with van der Waals surface area (Å²) in [6, 6.07) is 12.7. The summed E-state index contributed by atoms with van der Waals surface area (Å²) < 4.78 is 5.87. The molecule has 104 valence electrons. The van der Waals surface area contributed by atoms with E-state index < -0.39 is 0 Å². The zero-order valence-electron chi connectivity index (χ0n) is 10.7. The minimum atomic E-state index is 0.0536. The van der Waals surface area contributed by atoms with E-state index in [2.05, 4.69) is 0 Å². The van der Waals surface area contributed by atoms with Gasteiger partial charge < -0.3 is 15.6 Å². The van der Waals surface area contributed by atoms with E-state index >= 15 is 0 Å². The lowest BCUT2D eigenvalue weighted by atomic mass is 10.1. The summed E-state index contributed by atoms with van der Waals surface area (Å²) in [7, 11) is 0. The maximum Gasteiger partial charge on any atom is 0.139 e. The fourth-order valence-electron chi connectivity index (χ4n) is 1.88. The Morgan fingerprint density at radius 1 is 1.15 bits per heavy atom. The monoisotopic (exact) mass is 307 g/mol. The van der Waals surface area contributed by atoms with Gasteiger partial charge in [-0.2, -0.15) is 0 Å². The number of aliphatic hydroxyl groups is 1. The van der Waals surface area contributed by atoms with Crippen LogP contribution in [0.4, 0.5) is 0 Å². The number of hydrogen-bond acceptors (Lipinski definition) is 3. The molecule has 3 N–H and O–H groups in total. The molecule has 0 aliphatic rings. The number of para-hydroxylation sites is 1. The topological polar surface area (TPSA) is 55.5 Å². The third-order valence-electron chi connectivity index (χ3n) is 2.80. The second kappa shape index (κ2) is 6.70. The van der Waals surface area contributed by atoms with Crippen molar-refractivity contribution in [1.29, 1.82) is 0 Å². The standard InChI is InChI=1S/C15H14ClNO2S/c16-11-5-3-7-13(14(11)15(17)20)19-12-6-2-1-4-10(12)8-9-18/h1-7,18H,8-9H2,(H2,17,20). The number of aliphatic hydroxyl groups excluding tert-OH is 1. The molecule has 0 amide bonds. The Hall–Kier alpha value is -1.62. The van der Waals surface area contributed by atoms with E-state index in [0.717, 1.165) is 5.56 Å². The van der Waals surface area contributed by atoms with Crippen LogP contribution in [0.25, 0.3) is 0 Å². The number of halogens is 1. The molecule has 0 saturated heterocycles. The van der Waals surface area contributed by atoms with E-state index in [1.165, 1.54) is 0 Å². The molecule has 0 heterocycles. The van der Waals surface area contributed by atoms with Gasteiger partial charge in [-0.05, 0) is 30.2 Å². The second-order valence-corrected chi connectivity index (χ2v) is 5.01. The molecular weight excluding hydrogens is 294 g/mol. The molecule has 0 unspecified atom stereocenters. The van der Waals surface area contributed by atoms with Crippen molar-refractivity contribution in [2.45, 2.75) is 6.42 Å². The van der Waals surface area contributed by atoms with Crippen LogP contribution in [0.1, 0.15) is 11.1 Å². The molecule has 0 fully saturated rings. The van der Waals surface area contributed by atoms with Crippen molar-refractivity contribution in [1.82, 2.24) is 0 Å². The summed E-state index contributed by atoms with van der Waals surface area (Å²) in [4.78, 5) is 0.185. The Morgan fingerprint density at radius 2 is 1.85 bits per heavy atom. The van der Waals surface area contributed by atoms with Gasteiger partial charge in [0.15, 0.2) is 0 Å². The summed E-state index contributed by atoms with van der Waals surface area (Å²) in [6.07, 6.45) is 0.513. The number of thiocarbonyl (C=S) groups is 1. The van der Waals surface area contributed by atoms with Gasteiger partial charge in [-0.15, -0.1) is 0 Å². The molecule has 2 aromatic carbocycles. The maximum atomic E-state index is 9.08. The molecule has 5 heteroatoms. The van der Waals surface area contributed by atoms with Gasteiger partial charge in [-0.25, -0.2) is 0 Å². The average molecular weight is 308 g/mol. The summed E-state index contributed by atoms with van der Waals surface area (Å²) in [5, 5.41) is 9.53. The van der Waals surface area contributed by atoms with E-state index in [1.807, 2.05) is 24.3 Å². The SMILES string of the molecule is NC(=S)c1c(Cl)cccc1Oc1ccccc1CCO. The Morgan fingerprint density at radius 3 is 2.55 bits per heavy atom. The molecule has 0 radical (unpaired) electrons. The average Bonchev–Trinajstić information content (AvgIpc) is 2.41. The van der Waals surface area contributed by atoms with Crippen LogP contribution in [0.15, 0.2) is 42.5 Å². The molecule has 2 rings (SSSR count). The largest absolute Gasteiger partial charge is 0.456 e. The predicted octanol–water partition coefficient (Wildman–Crippen LogP) is 3.30. The van der Waals surface area contributed by atoms with Crippen LogP contribution in [-0.4, -0.2) is 16.7 Å². The third kappa shape index (κ3) is 3.28. The first-order valence-corrected chi connectivity index (χ1v) is 6.87. The van der Waals surface area contributed by atoms with E-state index in [4.69, 9.17) is 39.4 Å². The normalized spacial score (nSPS) is 10.3. The fraction of sp³-hybridized carbons (Fsp3) is 0.133. The van der Waals surface area contributed by atoms with Crippen molar-refractivity contribution >= 4 is 28.8 Å². The molecular formula is C15H14ClNO2S. The Balaban J connectivity index is 2.40. The zero-order valence-corrected chi connectivity index (χ0v) is 12.2. The molecule has 0 aliphatic carbocycles. The van der Waals surface area contributed by atoms with Crippen molar-refractivity contribution in [3.8, 4) is 11.5 Å². The van der Waals surface area contributed by atoms with Gasteiger partial charge in [-0.3, -0.25) is 0 Å². The van der Waals surface area contributed by atoms with Crippen molar-refractivity contribution in [2.24, 2.45) is 5.73 Å². The van der Waals surface area contributed by atoms with Crippen molar-refractivity contribution in [2.75, 3.05) is 6.61 Å². The number of benzene rings is 2. The van der Waals surface area contributed by atoms with Crippen molar-refractivity contribution in [3.63, 3.8) is 0 Å². The van der Waals surface area contributed by atoms with Crippen LogP contribution in [-0.2, 0) is 6.42 Å². The molecule has 0 spiro atoms. The molecule has 0 aromatic heterocycles. The molecule has 0 atom stereocenters. The lowest BCUT2D eigenvalue weighted by Crippen LogP contribution is -2.11. The van der Waals surface area contributed by atoms with Crippen molar-refractivity contribution in [3.05, 3.63) is 58.6 Å². The summed E-state index contributed by atoms with van der Waals surface area (Å²) in [6.45, 7) is 0.0536. The summed E-state index contributed by atoms with van der Waals surface area (Å²) in [5.74, 6) is 1.16. The highest BCUT2D eigenvalue weighted by molar-refractivity contribution is 7.80. The smallest absolute Gasteiger partial charge is 0.139 e. The number of rotatable bonds is 5. The van der Waals surface area contributed by atoms with Gasteiger partial charge in [0, 0.05) is 6.61 Å². The van der Waals surface area contributed by atoms with Gasteiger partial charge in [0.2, 0.25) is 0 Å². The molecule has 2 aromatic rings. The van der Waals surface area contributed by atoms with Crippen LogP contribution >= 0.6 is 23.8 Å². The van der Waals surface area contributed by atoms with Gasteiger partial charge in [0.05, 0.1) is 10.6 Å². The molecule has 3 nitrogen and oxygen atoms in total. The minimum absolute atomic E-state index is 0.0536. The lowest BCUT2D eigenvalue weighted by Gasteiger charge is -2.14. The highest BCUT2D eigenvalue weighted by atomic mass is 35.5. The van der Waals surface area contributed by atoms with Gasteiger partial charge >= 0.3 is 0 Å². The Bertz CT molecular complexity index is 631. The third-order valence-corrected chi connectivity index (χ3v) is 3.31. The maximum absolute atomic E-state index is 9.08. The minimum Gasteiger partial charge on any atom is -0.456 e. The Kier molecular flexibility index (Phi) is 4.95. The van der Waals surface area contributed by atoms with E-state index in [0.29, 0.717) is 28.5 Å². The predicted molar refractivity (Wildman–Crippen MR) is 84.6 cm³/mol. The van der Waals surface area contributed by atoms with Crippen LogP contribution in [0.5, 0.6) is 11.5 Å². The van der Waals surface area contributed by atoms with Gasteiger partial charge in [0.1, 0.15) is 16.5 Å². The summed E-state index contributed by atoms with van der Waals surface area (Å²) >= 11 is 11.1. The van der Waals surface area contributed by atoms with Crippen molar-refractivity contribution < 1.29 is 9.84 Å². The van der Waals surface area contributed by atoms with E-state index in [1.54, 1.807) is 18.2 Å². The quantitative estimate of drug-likeness (QED) is 0.832. The highest BCUT2D eigenvalue weighted by Gasteiger charge is 2.13. The van der Waals surface area contributed by atoms with E-state index in [9.17, 15) is 0 Å². The highest BCUT2D eigenvalue weighted by Crippen LogP contribution is 2.32. The first-order valence-electron chi connectivity index (χ1n) is 6.08. The number of nitrogens with two attached hydrogens (primary N) is 1. The Labute approximate surface area is 127 Å². The molecule has 0 saturated carbocycles. The molecule has 0 aliphatic heterocycles. The van der Waals surface area contributed by atoms with Crippen LogP contribution in [0, 0.1) is 0 Å². The second-order valence-electron chi connectivity index (χ2n) is 4.16. The molecule has 20 heavy (non-hydrogen) atoms. The van der Waals surface area contributed by atoms with Crippen LogP contribution < -0.4 is 10.5 Å². The van der Waals surface area contributed by atoms with Crippen LogP contribution in [0.3, 0.4) is 0 Å². The zero-order chi connectivity index (χ0) is 14.5. The van der Waals surface area contributed by atoms with Gasteiger partial charge in [0.25, 0.3) is 0 Å². The number of hydrogen-bond donors (Lipinski definition) is 2. The first-order chi connectivity index (χ1) is 9.63. The lowest BCUT2D eigenvalue weighted by molar-refractivity contribution is 0.298. The van der Waals surface area contributed by atoms with Gasteiger partial charge in [-0.1, -0.05) is 48.1 Å².